The first-order valence-corrected chi connectivity index (χ1v) is 5.87. The molecule has 1 amide bonds. The molecule has 0 saturated heterocycles. The predicted octanol–water partition coefficient (Wildman–Crippen LogP) is 1.56. The SMILES string of the molecule is COc1ccc(N)cc1NC(=O)CN(C)C(C)C. The van der Waals surface area contributed by atoms with Crippen LogP contribution in [0.2, 0.25) is 0 Å². The van der Waals surface area contributed by atoms with Crippen LogP contribution < -0.4 is 15.8 Å². The lowest BCUT2D eigenvalue weighted by Crippen LogP contribution is -2.34. The number of benzene rings is 1. The van der Waals surface area contributed by atoms with Gasteiger partial charge in [0.2, 0.25) is 5.91 Å². The van der Waals surface area contributed by atoms with Gasteiger partial charge < -0.3 is 15.8 Å². The summed E-state index contributed by atoms with van der Waals surface area (Å²) in [6, 6.07) is 5.47. The minimum Gasteiger partial charge on any atom is -0.495 e. The fourth-order valence-electron chi connectivity index (χ4n) is 1.42. The Kier molecular flexibility index (Phi) is 4.97. The van der Waals surface area contributed by atoms with E-state index in [1.54, 1.807) is 25.3 Å². The second-order valence-electron chi connectivity index (χ2n) is 4.52. The molecule has 0 unspecified atom stereocenters. The Labute approximate surface area is 108 Å². The molecular formula is C13H21N3O2. The van der Waals surface area contributed by atoms with Gasteiger partial charge in [0.1, 0.15) is 5.75 Å². The minimum absolute atomic E-state index is 0.0879. The van der Waals surface area contributed by atoms with Crippen molar-refractivity contribution in [3.63, 3.8) is 0 Å². The number of nitrogen functional groups attached to an aromatic ring is 1. The Morgan fingerprint density at radius 2 is 2.17 bits per heavy atom. The average Bonchev–Trinajstić information content (AvgIpc) is 2.28. The van der Waals surface area contributed by atoms with Crippen LogP contribution in [0, 0.1) is 0 Å². The zero-order valence-corrected chi connectivity index (χ0v) is 11.4. The first-order chi connectivity index (χ1) is 8.43. The highest BCUT2D eigenvalue weighted by Gasteiger charge is 2.11. The Morgan fingerprint density at radius 3 is 2.72 bits per heavy atom. The molecule has 0 spiro atoms. The first-order valence-electron chi connectivity index (χ1n) is 5.87. The van der Waals surface area contributed by atoms with Crippen LogP contribution in [0.5, 0.6) is 5.75 Å². The summed E-state index contributed by atoms with van der Waals surface area (Å²) < 4.78 is 5.17. The molecule has 0 saturated carbocycles. The number of hydrogen-bond acceptors (Lipinski definition) is 4. The molecule has 0 aliphatic rings. The number of hydrogen-bond donors (Lipinski definition) is 2. The van der Waals surface area contributed by atoms with E-state index in [0.29, 0.717) is 29.7 Å². The van der Waals surface area contributed by atoms with Gasteiger partial charge in [-0.2, -0.15) is 0 Å². The summed E-state index contributed by atoms with van der Waals surface area (Å²) in [7, 11) is 3.46. The third-order valence-corrected chi connectivity index (χ3v) is 2.77. The van der Waals surface area contributed by atoms with E-state index in [0.717, 1.165) is 0 Å². The minimum atomic E-state index is -0.0879. The third kappa shape index (κ3) is 3.92. The highest BCUT2D eigenvalue weighted by atomic mass is 16.5. The molecule has 0 atom stereocenters. The van der Waals surface area contributed by atoms with Crippen molar-refractivity contribution in [3.8, 4) is 5.75 Å². The standard InChI is InChI=1S/C13H21N3O2/c1-9(2)16(3)8-13(17)15-11-7-10(14)5-6-12(11)18-4/h5-7,9H,8,14H2,1-4H3,(H,15,17). The van der Waals surface area contributed by atoms with Crippen molar-refractivity contribution in [2.75, 3.05) is 31.8 Å². The zero-order chi connectivity index (χ0) is 13.7. The predicted molar refractivity (Wildman–Crippen MR) is 73.8 cm³/mol. The summed E-state index contributed by atoms with van der Waals surface area (Å²) in [4.78, 5) is 13.8. The topological polar surface area (TPSA) is 67.6 Å². The van der Waals surface area contributed by atoms with Crippen molar-refractivity contribution in [1.29, 1.82) is 0 Å². The maximum Gasteiger partial charge on any atom is 0.238 e. The average molecular weight is 251 g/mol. The maximum absolute atomic E-state index is 11.9. The van der Waals surface area contributed by atoms with Gasteiger partial charge in [-0.1, -0.05) is 0 Å². The number of likely N-dealkylation sites (N-methyl/N-ethyl adjacent to an activating group) is 1. The van der Waals surface area contributed by atoms with E-state index in [2.05, 4.69) is 5.32 Å². The van der Waals surface area contributed by atoms with Crippen LogP contribution in [0.25, 0.3) is 0 Å². The molecule has 0 radical (unpaired) electrons. The van der Waals surface area contributed by atoms with Crippen molar-refractivity contribution in [2.24, 2.45) is 0 Å². The lowest BCUT2D eigenvalue weighted by Gasteiger charge is -2.20. The van der Waals surface area contributed by atoms with Crippen LogP contribution in [-0.4, -0.2) is 37.6 Å². The number of ether oxygens (including phenoxy) is 1. The molecule has 1 aromatic carbocycles. The van der Waals surface area contributed by atoms with Gasteiger partial charge >= 0.3 is 0 Å². The zero-order valence-electron chi connectivity index (χ0n) is 11.4. The molecule has 3 N–H and O–H groups in total. The van der Waals surface area contributed by atoms with E-state index in [4.69, 9.17) is 10.5 Å². The molecule has 5 nitrogen and oxygen atoms in total. The van der Waals surface area contributed by atoms with E-state index < -0.39 is 0 Å². The Bertz CT molecular complexity index is 419. The van der Waals surface area contributed by atoms with Crippen LogP contribution >= 0.6 is 0 Å². The summed E-state index contributed by atoms with van der Waals surface area (Å²) in [6.07, 6.45) is 0. The van der Waals surface area contributed by atoms with Crippen LogP contribution in [0.4, 0.5) is 11.4 Å². The second-order valence-corrected chi connectivity index (χ2v) is 4.52. The van der Waals surface area contributed by atoms with Crippen molar-refractivity contribution in [1.82, 2.24) is 4.90 Å². The molecule has 0 bridgehead atoms. The number of carbonyl (C=O) groups excluding carboxylic acids is 1. The van der Waals surface area contributed by atoms with Crippen molar-refractivity contribution in [3.05, 3.63) is 18.2 Å². The quantitative estimate of drug-likeness (QED) is 0.779. The van der Waals surface area contributed by atoms with Gasteiger partial charge in [-0.15, -0.1) is 0 Å². The number of nitrogens with one attached hydrogen (secondary N) is 1. The molecule has 0 aromatic heterocycles. The number of nitrogens with two attached hydrogens (primary N) is 1. The smallest absolute Gasteiger partial charge is 0.238 e. The van der Waals surface area contributed by atoms with Gasteiger partial charge in [-0.25, -0.2) is 0 Å². The molecule has 1 rings (SSSR count). The van der Waals surface area contributed by atoms with E-state index >= 15 is 0 Å². The van der Waals surface area contributed by atoms with E-state index in [9.17, 15) is 4.79 Å². The van der Waals surface area contributed by atoms with Gasteiger partial charge in [0.15, 0.2) is 0 Å². The number of carbonyl (C=O) groups is 1. The number of nitrogens with zero attached hydrogens (tertiary/aromatic N) is 1. The van der Waals surface area contributed by atoms with E-state index in [1.165, 1.54) is 0 Å². The first kappa shape index (κ1) is 14.3. The highest BCUT2D eigenvalue weighted by molar-refractivity contribution is 5.94. The largest absolute Gasteiger partial charge is 0.495 e. The number of rotatable bonds is 5. The van der Waals surface area contributed by atoms with Crippen LogP contribution in [-0.2, 0) is 4.79 Å². The fraction of sp³-hybridized carbons (Fsp3) is 0.462. The molecule has 0 aliphatic carbocycles. The third-order valence-electron chi connectivity index (χ3n) is 2.77. The summed E-state index contributed by atoms with van der Waals surface area (Å²) in [5.74, 6) is 0.514. The summed E-state index contributed by atoms with van der Waals surface area (Å²) in [5, 5.41) is 2.80. The van der Waals surface area contributed by atoms with Gasteiger partial charge in [0.25, 0.3) is 0 Å². The maximum atomic E-state index is 11.9. The van der Waals surface area contributed by atoms with Crippen LogP contribution in [0.1, 0.15) is 13.8 Å². The number of methoxy groups -OCH3 is 1. The highest BCUT2D eigenvalue weighted by Crippen LogP contribution is 2.26. The Morgan fingerprint density at radius 1 is 1.50 bits per heavy atom. The molecular weight excluding hydrogens is 230 g/mol. The number of amides is 1. The summed E-state index contributed by atoms with van der Waals surface area (Å²) in [6.45, 7) is 4.40. The summed E-state index contributed by atoms with van der Waals surface area (Å²) in [5.41, 5.74) is 6.87. The molecule has 0 heterocycles. The van der Waals surface area contributed by atoms with Crippen LogP contribution in [0.15, 0.2) is 18.2 Å². The van der Waals surface area contributed by atoms with Crippen molar-refractivity contribution < 1.29 is 9.53 Å². The fourth-order valence-corrected chi connectivity index (χ4v) is 1.42. The molecule has 5 heteroatoms. The van der Waals surface area contributed by atoms with Crippen molar-refractivity contribution in [2.45, 2.75) is 19.9 Å². The summed E-state index contributed by atoms with van der Waals surface area (Å²) >= 11 is 0. The van der Waals surface area contributed by atoms with Crippen molar-refractivity contribution >= 4 is 17.3 Å². The number of anilines is 2. The normalized spacial score (nSPS) is 10.8. The van der Waals surface area contributed by atoms with Gasteiger partial charge in [0, 0.05) is 11.7 Å². The molecule has 18 heavy (non-hydrogen) atoms. The molecule has 100 valence electrons. The molecule has 1 aromatic rings. The monoisotopic (exact) mass is 251 g/mol. The lowest BCUT2D eigenvalue weighted by molar-refractivity contribution is -0.117. The van der Waals surface area contributed by atoms with Gasteiger partial charge in [0.05, 0.1) is 19.3 Å². The van der Waals surface area contributed by atoms with E-state index in [1.807, 2.05) is 25.8 Å². The van der Waals surface area contributed by atoms with Crippen LogP contribution in [0.3, 0.4) is 0 Å². The molecule has 0 aliphatic heterocycles. The second kappa shape index (κ2) is 6.26. The Hall–Kier alpha value is -1.75. The van der Waals surface area contributed by atoms with Gasteiger partial charge in [-0.05, 0) is 39.1 Å². The lowest BCUT2D eigenvalue weighted by atomic mass is 10.2. The molecule has 0 fully saturated rings. The Balaban J connectivity index is 2.72. The van der Waals surface area contributed by atoms with E-state index in [-0.39, 0.29) is 5.91 Å². The van der Waals surface area contributed by atoms with Gasteiger partial charge in [-0.3, -0.25) is 9.69 Å².